The number of hydrogen-bond donors (Lipinski definition) is 1. The first kappa shape index (κ1) is 24.7. The van der Waals surface area contributed by atoms with Crippen molar-refractivity contribution in [3.63, 3.8) is 0 Å². The molecule has 0 bridgehead atoms. The van der Waals surface area contributed by atoms with Crippen LogP contribution in [0.15, 0.2) is 51.6 Å². The maximum atomic E-state index is 13.0. The SMILES string of the molecule is CCOC(=O)C1CCCCN1CCCNC(=O)c1sccc1-c1nc(-c2cc3ccccc3o2)cs1. The van der Waals surface area contributed by atoms with Gasteiger partial charge in [0.05, 0.1) is 6.61 Å². The number of fused-ring (bicyclic) bond motifs is 1. The lowest BCUT2D eigenvalue weighted by atomic mass is 10.0. The largest absolute Gasteiger partial charge is 0.465 e. The molecule has 0 saturated carbocycles. The molecule has 1 saturated heterocycles. The van der Waals surface area contributed by atoms with Crippen molar-refractivity contribution in [3.05, 3.63) is 52.0 Å². The second kappa shape index (κ2) is 11.4. The molecule has 9 heteroatoms. The van der Waals surface area contributed by atoms with Crippen LogP contribution >= 0.6 is 22.7 Å². The number of piperidine rings is 1. The van der Waals surface area contributed by atoms with Crippen LogP contribution in [-0.2, 0) is 9.53 Å². The summed E-state index contributed by atoms with van der Waals surface area (Å²) in [6.07, 6.45) is 3.75. The van der Waals surface area contributed by atoms with E-state index < -0.39 is 0 Å². The number of hydrogen-bond acceptors (Lipinski definition) is 8. The first-order chi connectivity index (χ1) is 17.6. The van der Waals surface area contributed by atoms with Gasteiger partial charge in [0, 0.05) is 29.4 Å². The summed E-state index contributed by atoms with van der Waals surface area (Å²) in [6.45, 7) is 4.44. The van der Waals surface area contributed by atoms with E-state index in [0.29, 0.717) is 18.0 Å². The quantitative estimate of drug-likeness (QED) is 0.220. The van der Waals surface area contributed by atoms with Crippen LogP contribution in [0, 0.1) is 0 Å². The molecule has 3 aromatic heterocycles. The average molecular weight is 524 g/mol. The molecule has 188 valence electrons. The number of aromatic nitrogens is 1. The van der Waals surface area contributed by atoms with Crippen LogP contribution in [0.5, 0.6) is 0 Å². The number of thiazole rings is 1. The fourth-order valence-electron chi connectivity index (χ4n) is 4.60. The smallest absolute Gasteiger partial charge is 0.323 e. The second-order valence-corrected chi connectivity index (χ2v) is 10.5. The van der Waals surface area contributed by atoms with Crippen LogP contribution < -0.4 is 5.32 Å². The zero-order chi connectivity index (χ0) is 24.9. The van der Waals surface area contributed by atoms with E-state index in [1.54, 1.807) is 0 Å². The molecular formula is C27H29N3O4S2. The van der Waals surface area contributed by atoms with Crippen molar-refractivity contribution in [1.82, 2.24) is 15.2 Å². The van der Waals surface area contributed by atoms with E-state index in [1.165, 1.54) is 22.7 Å². The van der Waals surface area contributed by atoms with Crippen molar-refractivity contribution in [2.75, 3.05) is 26.2 Å². The Labute approximate surface area is 218 Å². The number of amides is 1. The van der Waals surface area contributed by atoms with E-state index in [2.05, 4.69) is 10.2 Å². The topological polar surface area (TPSA) is 84.7 Å². The molecule has 1 aromatic carbocycles. The maximum absolute atomic E-state index is 13.0. The first-order valence-corrected chi connectivity index (χ1v) is 14.1. The van der Waals surface area contributed by atoms with Crippen LogP contribution in [0.2, 0.25) is 0 Å². The molecule has 4 aromatic rings. The zero-order valence-electron chi connectivity index (χ0n) is 20.2. The molecule has 1 unspecified atom stereocenters. The number of ether oxygens (including phenoxy) is 1. The minimum Gasteiger partial charge on any atom is -0.465 e. The van der Waals surface area contributed by atoms with Gasteiger partial charge in [-0.05, 0) is 56.3 Å². The monoisotopic (exact) mass is 523 g/mol. The van der Waals surface area contributed by atoms with Crippen LogP contribution in [0.1, 0.15) is 42.3 Å². The number of furan rings is 1. The van der Waals surface area contributed by atoms with Crippen molar-refractivity contribution in [2.24, 2.45) is 0 Å². The summed E-state index contributed by atoms with van der Waals surface area (Å²) in [6, 6.07) is 11.7. The van der Waals surface area contributed by atoms with Crippen molar-refractivity contribution in [3.8, 4) is 22.0 Å². The Morgan fingerprint density at radius 1 is 1.22 bits per heavy atom. The summed E-state index contributed by atoms with van der Waals surface area (Å²) in [5, 5.41) is 8.76. The third kappa shape index (κ3) is 5.38. The van der Waals surface area contributed by atoms with Gasteiger partial charge in [-0.3, -0.25) is 14.5 Å². The lowest BCUT2D eigenvalue weighted by Crippen LogP contribution is -2.46. The molecule has 5 rings (SSSR count). The van der Waals surface area contributed by atoms with Crippen LogP contribution in [0.25, 0.3) is 33.0 Å². The molecule has 0 spiro atoms. The normalized spacial score (nSPS) is 16.3. The predicted molar refractivity (Wildman–Crippen MR) is 143 cm³/mol. The number of likely N-dealkylation sites (tertiary alicyclic amines) is 1. The summed E-state index contributed by atoms with van der Waals surface area (Å²) < 4.78 is 11.2. The highest BCUT2D eigenvalue weighted by Crippen LogP contribution is 2.35. The Kier molecular flexibility index (Phi) is 7.79. The van der Waals surface area contributed by atoms with E-state index in [4.69, 9.17) is 14.1 Å². The third-order valence-corrected chi connectivity index (χ3v) is 8.15. The van der Waals surface area contributed by atoms with Gasteiger partial charge in [0.1, 0.15) is 27.2 Å². The number of para-hydroxylation sites is 1. The van der Waals surface area contributed by atoms with Gasteiger partial charge in [0.25, 0.3) is 5.91 Å². The number of carbonyl (C=O) groups is 2. The van der Waals surface area contributed by atoms with Gasteiger partial charge in [-0.15, -0.1) is 22.7 Å². The Hall–Kier alpha value is -3.01. The Morgan fingerprint density at radius 3 is 2.97 bits per heavy atom. The summed E-state index contributed by atoms with van der Waals surface area (Å²) >= 11 is 2.92. The van der Waals surface area contributed by atoms with Gasteiger partial charge < -0.3 is 14.5 Å². The lowest BCUT2D eigenvalue weighted by Gasteiger charge is -2.33. The summed E-state index contributed by atoms with van der Waals surface area (Å²) in [5.41, 5.74) is 2.43. The van der Waals surface area contributed by atoms with Crippen molar-refractivity contribution in [1.29, 1.82) is 0 Å². The fraction of sp³-hybridized carbons (Fsp3) is 0.370. The van der Waals surface area contributed by atoms with Gasteiger partial charge in [0.15, 0.2) is 5.76 Å². The molecule has 1 N–H and O–H groups in total. The minimum absolute atomic E-state index is 0.0962. The van der Waals surface area contributed by atoms with Crippen LogP contribution in [-0.4, -0.2) is 54.0 Å². The highest BCUT2D eigenvalue weighted by atomic mass is 32.1. The molecule has 7 nitrogen and oxygen atoms in total. The lowest BCUT2D eigenvalue weighted by molar-refractivity contribution is -0.150. The van der Waals surface area contributed by atoms with Gasteiger partial charge in [0.2, 0.25) is 0 Å². The highest BCUT2D eigenvalue weighted by Gasteiger charge is 2.29. The van der Waals surface area contributed by atoms with Gasteiger partial charge in [-0.2, -0.15) is 0 Å². The predicted octanol–water partition coefficient (Wildman–Crippen LogP) is 5.82. The van der Waals surface area contributed by atoms with Gasteiger partial charge in [-0.1, -0.05) is 24.6 Å². The van der Waals surface area contributed by atoms with Gasteiger partial charge >= 0.3 is 5.97 Å². The molecular weight excluding hydrogens is 494 g/mol. The summed E-state index contributed by atoms with van der Waals surface area (Å²) in [4.78, 5) is 32.9. The molecule has 0 aliphatic carbocycles. The van der Waals surface area contributed by atoms with E-state index in [1.807, 2.05) is 54.1 Å². The summed E-state index contributed by atoms with van der Waals surface area (Å²) in [5.74, 6) is 0.495. The number of benzene rings is 1. The van der Waals surface area contributed by atoms with E-state index in [9.17, 15) is 9.59 Å². The molecule has 0 radical (unpaired) electrons. The van der Waals surface area contributed by atoms with Crippen LogP contribution in [0.4, 0.5) is 0 Å². The van der Waals surface area contributed by atoms with Crippen LogP contribution in [0.3, 0.4) is 0 Å². The number of nitrogens with zero attached hydrogens (tertiary/aromatic N) is 2. The number of thiophene rings is 1. The minimum atomic E-state index is -0.163. The Bertz CT molecular complexity index is 1310. The second-order valence-electron chi connectivity index (χ2n) is 8.76. The summed E-state index contributed by atoms with van der Waals surface area (Å²) in [7, 11) is 0. The third-order valence-electron chi connectivity index (χ3n) is 6.36. The maximum Gasteiger partial charge on any atom is 0.323 e. The van der Waals surface area contributed by atoms with E-state index >= 15 is 0 Å². The van der Waals surface area contributed by atoms with Crippen molar-refractivity contribution < 1.29 is 18.7 Å². The number of carbonyl (C=O) groups excluding carboxylic acids is 2. The Balaban J connectivity index is 1.19. The van der Waals surface area contributed by atoms with Crippen molar-refractivity contribution >= 4 is 45.5 Å². The molecule has 36 heavy (non-hydrogen) atoms. The number of nitrogens with one attached hydrogen (secondary N) is 1. The molecule has 1 aliphatic heterocycles. The van der Waals surface area contributed by atoms with Gasteiger partial charge in [-0.25, -0.2) is 4.98 Å². The number of rotatable bonds is 9. The first-order valence-electron chi connectivity index (χ1n) is 12.3. The van der Waals surface area contributed by atoms with E-state index in [-0.39, 0.29) is 17.9 Å². The molecule has 1 atom stereocenters. The zero-order valence-corrected chi connectivity index (χ0v) is 21.8. The molecule has 1 amide bonds. The van der Waals surface area contributed by atoms with Crippen molar-refractivity contribution in [2.45, 2.75) is 38.6 Å². The number of esters is 1. The molecule has 1 fully saturated rings. The van der Waals surface area contributed by atoms with E-state index in [0.717, 1.165) is 71.8 Å². The molecule has 1 aliphatic rings. The Morgan fingerprint density at radius 2 is 2.11 bits per heavy atom. The average Bonchev–Trinajstić information content (AvgIpc) is 3.65. The fourth-order valence-corrected chi connectivity index (χ4v) is 6.32. The molecule has 4 heterocycles. The standard InChI is InChI=1S/C27H29N3O4S2/c1-2-33-27(32)21-9-5-6-13-30(21)14-7-12-28-25(31)24-19(11-15-35-24)26-29-20(17-36-26)23-16-18-8-3-4-10-22(18)34-23/h3-4,8,10-11,15-17,21H,2,5-7,9,12-14H2,1H3,(H,28,31). The highest BCUT2D eigenvalue weighted by molar-refractivity contribution is 7.15.